The topological polar surface area (TPSA) is 26.8 Å². The van der Waals surface area contributed by atoms with E-state index in [4.69, 9.17) is 12.2 Å². The Kier molecular flexibility index (Phi) is 18.5. The second-order valence-electron chi connectivity index (χ2n) is 11.5. The van der Waals surface area contributed by atoms with Gasteiger partial charge in [0.05, 0.1) is 5.69 Å². The van der Waals surface area contributed by atoms with Crippen molar-refractivity contribution in [3.05, 3.63) is 14.7 Å². The van der Waals surface area contributed by atoms with Gasteiger partial charge in [0, 0.05) is 27.2 Å². The van der Waals surface area contributed by atoms with Gasteiger partial charge in [-0.2, -0.15) is 0 Å². The van der Waals surface area contributed by atoms with E-state index in [0.29, 0.717) is 10.4 Å². The number of nitrogens with zero attached hydrogens (tertiary/aromatic N) is 3. The Labute approximate surface area is 229 Å². The maximum absolute atomic E-state index is 12.6. The van der Waals surface area contributed by atoms with Gasteiger partial charge in [-0.25, -0.2) is 0 Å². The Hall–Kier alpha value is -0.940. The fraction of sp³-hybridized carbons (Fsp3) is 0.871. The van der Waals surface area contributed by atoms with Gasteiger partial charge in [0.25, 0.3) is 0 Å². The molecular weight excluding hydrogens is 462 g/mol. The number of rotatable bonds is 24. The normalized spacial score (nSPS) is 11.8. The van der Waals surface area contributed by atoms with Crippen LogP contribution >= 0.6 is 12.2 Å². The molecule has 0 atom stereocenters. The van der Waals surface area contributed by atoms with Crippen molar-refractivity contribution in [1.29, 1.82) is 0 Å². The zero-order chi connectivity index (χ0) is 26.8. The maximum atomic E-state index is 12.6. The fourth-order valence-corrected chi connectivity index (χ4v) is 5.48. The first-order chi connectivity index (χ1) is 17.3. The molecule has 0 saturated carbocycles. The Morgan fingerprint density at radius 3 is 1.58 bits per heavy atom. The third kappa shape index (κ3) is 13.0. The predicted octanol–water partition coefficient (Wildman–Crippen LogP) is 8.37. The van der Waals surface area contributed by atoms with Crippen LogP contribution < -0.4 is 15.2 Å². The molecule has 0 fully saturated rings. The summed E-state index contributed by atoms with van der Waals surface area (Å²) >= 11 is 5.44. The number of hydrogen-bond acceptors (Lipinski definition) is 5. The molecule has 0 aliphatic heterocycles. The second-order valence-corrected chi connectivity index (χ2v) is 11.9. The Morgan fingerprint density at radius 1 is 0.611 bits per heavy atom. The molecule has 36 heavy (non-hydrogen) atoms. The molecule has 0 spiro atoms. The van der Waals surface area contributed by atoms with Gasteiger partial charge in [-0.3, -0.25) is 4.79 Å². The molecule has 0 saturated heterocycles. The van der Waals surface area contributed by atoms with Gasteiger partial charge in [-0.15, -0.1) is 0 Å². The number of hydrogen-bond donors (Lipinski definition) is 0. The van der Waals surface area contributed by atoms with Crippen molar-refractivity contribution >= 4 is 23.6 Å². The first-order valence-corrected chi connectivity index (χ1v) is 15.7. The summed E-state index contributed by atoms with van der Waals surface area (Å²) in [4.78, 5) is 19.7. The van der Waals surface area contributed by atoms with E-state index in [9.17, 15) is 4.79 Å². The molecule has 0 aromatic heterocycles. The van der Waals surface area contributed by atoms with Gasteiger partial charge in [0.1, 0.15) is 10.2 Å². The summed E-state index contributed by atoms with van der Waals surface area (Å²) in [5.74, 6) is 0.708. The molecule has 0 radical (unpaired) electrons. The molecule has 0 aliphatic carbocycles. The molecular formula is C31H59N3OS. The van der Waals surface area contributed by atoms with Gasteiger partial charge in [0.15, 0.2) is 0 Å². The lowest BCUT2D eigenvalue weighted by molar-refractivity contribution is 0.258. The summed E-state index contributed by atoms with van der Waals surface area (Å²) in [5, 5.41) is 0. The van der Waals surface area contributed by atoms with Crippen molar-refractivity contribution in [1.82, 2.24) is 4.90 Å². The van der Waals surface area contributed by atoms with Crippen LogP contribution in [0.1, 0.15) is 124 Å². The average molecular weight is 522 g/mol. The molecule has 1 aromatic rings. The summed E-state index contributed by atoms with van der Waals surface area (Å²) in [7, 11) is 4.16. The first kappa shape index (κ1) is 33.1. The van der Waals surface area contributed by atoms with Crippen LogP contribution in [0.4, 0.5) is 11.4 Å². The lowest BCUT2D eigenvalue weighted by Gasteiger charge is -2.30. The minimum atomic E-state index is 0.0641. The smallest absolute Gasteiger partial charge is 0.224 e. The van der Waals surface area contributed by atoms with E-state index in [1.165, 1.54) is 96.6 Å². The fourth-order valence-electron chi connectivity index (χ4n) is 5.13. The highest BCUT2D eigenvalue weighted by molar-refractivity contribution is 7.71. The van der Waals surface area contributed by atoms with Gasteiger partial charge in [-0.1, -0.05) is 104 Å². The molecule has 0 N–H and O–H groups in total. The van der Waals surface area contributed by atoms with Crippen LogP contribution in [0.3, 0.4) is 0 Å². The van der Waals surface area contributed by atoms with Crippen molar-refractivity contribution in [3.63, 3.8) is 0 Å². The van der Waals surface area contributed by atoms with E-state index < -0.39 is 0 Å². The van der Waals surface area contributed by atoms with Crippen LogP contribution in [-0.4, -0.2) is 51.7 Å². The summed E-state index contributed by atoms with van der Waals surface area (Å²) in [6.07, 6.45) is 19.7. The van der Waals surface area contributed by atoms with Crippen LogP contribution in [-0.2, 0) is 0 Å². The van der Waals surface area contributed by atoms with E-state index in [2.05, 4.69) is 56.5 Å². The van der Waals surface area contributed by atoms with E-state index in [1.54, 1.807) is 0 Å². The Morgan fingerprint density at radius 2 is 1.06 bits per heavy atom. The highest BCUT2D eigenvalue weighted by atomic mass is 32.1. The maximum Gasteiger partial charge on any atom is 0.224 e. The monoisotopic (exact) mass is 521 g/mol. The lowest BCUT2D eigenvalue weighted by Crippen LogP contribution is -2.36. The van der Waals surface area contributed by atoms with Crippen molar-refractivity contribution in [2.24, 2.45) is 5.92 Å². The van der Waals surface area contributed by atoms with Gasteiger partial charge in [0.2, 0.25) is 5.43 Å². The first-order valence-electron chi connectivity index (χ1n) is 15.3. The third-order valence-electron chi connectivity index (χ3n) is 7.52. The zero-order valence-corrected chi connectivity index (χ0v) is 25.7. The molecule has 0 heterocycles. The molecule has 0 amide bonds. The highest BCUT2D eigenvalue weighted by Crippen LogP contribution is 2.30. The van der Waals surface area contributed by atoms with Crippen LogP contribution in [0, 0.1) is 10.4 Å². The summed E-state index contributed by atoms with van der Waals surface area (Å²) in [6.45, 7) is 14.5. The second kappa shape index (κ2) is 20.1. The predicted molar refractivity (Wildman–Crippen MR) is 164 cm³/mol. The molecule has 0 aliphatic rings. The summed E-state index contributed by atoms with van der Waals surface area (Å²) in [5.41, 5.74) is 1.90. The molecule has 1 rings (SSSR count). The average Bonchev–Trinajstić information content (AvgIpc) is 2.84. The van der Waals surface area contributed by atoms with Gasteiger partial charge in [-0.05, 0) is 57.7 Å². The number of unbranched alkanes of at least 4 members (excludes halogenated alkanes) is 10. The Bertz CT molecular complexity index is 725. The largest absolute Gasteiger partial charge is 0.372 e. The quantitative estimate of drug-likeness (QED) is 0.101. The highest BCUT2D eigenvalue weighted by Gasteiger charge is 2.24. The zero-order valence-electron chi connectivity index (χ0n) is 24.9. The minimum Gasteiger partial charge on any atom is -0.372 e. The summed E-state index contributed by atoms with van der Waals surface area (Å²) < 4.78 is 0.525. The standard InChI is InChI=1S/C31H59N3OS/c1-7-9-11-13-15-17-24-34(25-18-16-14-12-10-8-2)26-20-23-32(5)28-29(31(36)30(28)35)33(6)22-19-21-27(3)4/h27H,7-26H2,1-6H3. The van der Waals surface area contributed by atoms with Crippen molar-refractivity contribution in [2.75, 3.05) is 56.6 Å². The van der Waals surface area contributed by atoms with Crippen LogP contribution in [0.2, 0.25) is 0 Å². The molecule has 0 bridgehead atoms. The van der Waals surface area contributed by atoms with E-state index in [-0.39, 0.29) is 5.43 Å². The van der Waals surface area contributed by atoms with Crippen molar-refractivity contribution < 1.29 is 0 Å². The van der Waals surface area contributed by atoms with Gasteiger partial charge >= 0.3 is 0 Å². The van der Waals surface area contributed by atoms with Gasteiger partial charge < -0.3 is 14.7 Å². The molecule has 0 unspecified atom stereocenters. The van der Waals surface area contributed by atoms with Crippen molar-refractivity contribution in [3.8, 4) is 0 Å². The SMILES string of the molecule is CCCCCCCCN(CCCCCCCC)CCCN(C)c1c(N(C)CCCC(C)C)c(=S)c1=O. The molecule has 210 valence electrons. The molecule has 1 aromatic carbocycles. The number of anilines is 2. The van der Waals surface area contributed by atoms with E-state index in [0.717, 1.165) is 43.9 Å². The Balaban J connectivity index is 2.53. The van der Waals surface area contributed by atoms with Crippen LogP contribution in [0.25, 0.3) is 0 Å². The lowest BCUT2D eigenvalue weighted by atomic mass is 10.1. The molecule has 5 heteroatoms. The van der Waals surface area contributed by atoms with Crippen LogP contribution in [0.5, 0.6) is 0 Å². The van der Waals surface area contributed by atoms with E-state index >= 15 is 0 Å². The summed E-state index contributed by atoms with van der Waals surface area (Å²) in [6, 6.07) is 0. The van der Waals surface area contributed by atoms with E-state index in [1.807, 2.05) is 0 Å². The van der Waals surface area contributed by atoms with Crippen molar-refractivity contribution in [2.45, 2.75) is 124 Å². The third-order valence-corrected chi connectivity index (χ3v) is 7.90. The molecule has 4 nitrogen and oxygen atoms in total. The minimum absolute atomic E-state index is 0.0641. The van der Waals surface area contributed by atoms with Crippen LogP contribution in [0.15, 0.2) is 4.79 Å².